The molecule has 0 amide bonds. The topological polar surface area (TPSA) is 100 Å². The first-order valence-electron chi connectivity index (χ1n) is 7.02. The molecule has 2 aromatic heterocycles. The van der Waals surface area contributed by atoms with E-state index in [1.165, 1.54) is 12.3 Å². The van der Waals surface area contributed by atoms with E-state index in [4.69, 9.17) is 10.5 Å². The Bertz CT molecular complexity index is 976. The summed E-state index contributed by atoms with van der Waals surface area (Å²) >= 11 is 1.08. The Morgan fingerprint density at radius 1 is 1.33 bits per heavy atom. The number of hydrogen-bond acceptors (Lipinski definition) is 7. The zero-order valence-electron chi connectivity index (χ0n) is 13.1. The largest absolute Gasteiger partial charge is 0.496 e. The van der Waals surface area contributed by atoms with E-state index in [2.05, 4.69) is 10.1 Å². The molecule has 0 aliphatic rings. The molecule has 0 fully saturated rings. The Morgan fingerprint density at radius 2 is 2.12 bits per heavy atom. The minimum Gasteiger partial charge on any atom is -0.496 e. The lowest BCUT2D eigenvalue weighted by atomic mass is 10.1. The molecule has 0 spiro atoms. The molecule has 24 heavy (non-hydrogen) atoms. The van der Waals surface area contributed by atoms with E-state index in [-0.39, 0.29) is 15.6 Å². The zero-order chi connectivity index (χ0) is 17.3. The quantitative estimate of drug-likeness (QED) is 0.741. The van der Waals surface area contributed by atoms with Gasteiger partial charge in [-0.15, -0.1) is 11.3 Å². The van der Waals surface area contributed by atoms with E-state index in [0.29, 0.717) is 16.3 Å². The summed E-state index contributed by atoms with van der Waals surface area (Å²) in [6, 6.07) is 4.75. The van der Waals surface area contributed by atoms with Gasteiger partial charge in [0, 0.05) is 30.9 Å². The van der Waals surface area contributed by atoms with Gasteiger partial charge in [-0.1, -0.05) is 0 Å². The average molecular weight is 364 g/mol. The van der Waals surface area contributed by atoms with E-state index in [9.17, 15) is 8.42 Å². The van der Waals surface area contributed by atoms with Crippen molar-refractivity contribution in [2.24, 2.45) is 12.8 Å². The van der Waals surface area contributed by atoms with Crippen molar-refractivity contribution in [2.75, 3.05) is 7.11 Å². The third-order valence-corrected chi connectivity index (χ3v) is 6.70. The molecule has 0 radical (unpaired) electrons. The van der Waals surface area contributed by atoms with Crippen LogP contribution in [-0.4, -0.2) is 30.3 Å². The molecule has 0 saturated heterocycles. The number of nitrogens with two attached hydrogens (primary N) is 1. The van der Waals surface area contributed by atoms with Gasteiger partial charge in [-0.05, 0) is 18.2 Å². The van der Waals surface area contributed by atoms with Crippen LogP contribution in [0, 0.1) is 0 Å². The first-order valence-corrected chi connectivity index (χ1v) is 9.32. The van der Waals surface area contributed by atoms with Gasteiger partial charge >= 0.3 is 0 Å². The van der Waals surface area contributed by atoms with Crippen LogP contribution in [-0.2, 0) is 23.4 Å². The highest BCUT2D eigenvalue weighted by atomic mass is 32.2. The van der Waals surface area contributed by atoms with Gasteiger partial charge in [0.2, 0.25) is 9.84 Å². The second-order valence-electron chi connectivity index (χ2n) is 5.05. The fourth-order valence-corrected chi connectivity index (χ4v) is 4.75. The molecule has 0 bridgehead atoms. The van der Waals surface area contributed by atoms with Crippen LogP contribution in [0.1, 0.15) is 5.01 Å². The second kappa shape index (κ2) is 6.34. The molecule has 0 aliphatic carbocycles. The fraction of sp³-hybridized carbons (Fsp3) is 0.200. The summed E-state index contributed by atoms with van der Waals surface area (Å²) in [6.07, 6.45) is 4.80. The Labute approximate surface area is 143 Å². The number of thiazole rings is 1. The number of ether oxygens (including phenoxy) is 1. The fourth-order valence-electron chi connectivity index (χ4n) is 2.27. The molecule has 0 aliphatic heterocycles. The molecular formula is C15H16N4O3S2. The summed E-state index contributed by atoms with van der Waals surface area (Å²) in [5.74, 6) is 0.578. The molecule has 2 heterocycles. The molecule has 3 aromatic rings. The highest BCUT2D eigenvalue weighted by Gasteiger charge is 2.22. The van der Waals surface area contributed by atoms with Crippen LogP contribution in [0.15, 0.2) is 45.9 Å². The van der Waals surface area contributed by atoms with Crippen molar-refractivity contribution in [1.29, 1.82) is 0 Å². The average Bonchev–Trinajstić information content (AvgIpc) is 3.23. The van der Waals surface area contributed by atoms with Crippen molar-refractivity contribution < 1.29 is 13.2 Å². The molecule has 1 aromatic carbocycles. The molecule has 0 unspecified atom stereocenters. The monoisotopic (exact) mass is 364 g/mol. The van der Waals surface area contributed by atoms with Crippen LogP contribution < -0.4 is 10.5 Å². The molecule has 126 valence electrons. The molecular weight excluding hydrogens is 348 g/mol. The molecule has 7 nitrogen and oxygen atoms in total. The number of benzene rings is 1. The standard InChI is InChI=1S/C15H16N4O3S2/c1-19-9-10(7-18-19)12-5-11(3-4-13(12)22-2)24(20,21)15-8-17-14(6-16)23-15/h3-5,7-9H,6,16H2,1-2H3. The van der Waals surface area contributed by atoms with E-state index >= 15 is 0 Å². The van der Waals surface area contributed by atoms with E-state index in [1.807, 2.05) is 0 Å². The zero-order valence-corrected chi connectivity index (χ0v) is 14.8. The summed E-state index contributed by atoms with van der Waals surface area (Å²) in [5.41, 5.74) is 6.95. The van der Waals surface area contributed by atoms with Gasteiger partial charge in [0.15, 0.2) is 0 Å². The smallest absolute Gasteiger partial charge is 0.217 e. The Kier molecular flexibility index (Phi) is 4.39. The van der Waals surface area contributed by atoms with Gasteiger partial charge in [0.05, 0.1) is 24.4 Å². The van der Waals surface area contributed by atoms with Crippen molar-refractivity contribution in [3.8, 4) is 16.9 Å². The number of aromatic nitrogens is 3. The van der Waals surface area contributed by atoms with Gasteiger partial charge in [-0.3, -0.25) is 4.68 Å². The number of nitrogens with zero attached hydrogens (tertiary/aromatic N) is 3. The number of aryl methyl sites for hydroxylation is 1. The minimum absolute atomic E-state index is 0.172. The molecule has 9 heteroatoms. The number of methoxy groups -OCH3 is 1. The van der Waals surface area contributed by atoms with Gasteiger partial charge in [-0.2, -0.15) is 5.10 Å². The predicted octanol–water partition coefficient (Wildman–Crippen LogP) is 1.84. The molecule has 3 rings (SSSR count). The van der Waals surface area contributed by atoms with Crippen LogP contribution in [0.25, 0.3) is 11.1 Å². The SMILES string of the molecule is COc1ccc(S(=O)(=O)c2cnc(CN)s2)cc1-c1cnn(C)c1. The Hall–Kier alpha value is -2.23. The van der Waals surface area contributed by atoms with Gasteiger partial charge in [0.1, 0.15) is 15.0 Å². The maximum absolute atomic E-state index is 12.8. The molecule has 0 saturated carbocycles. The Morgan fingerprint density at radius 3 is 2.71 bits per heavy atom. The maximum Gasteiger partial charge on any atom is 0.217 e. The maximum atomic E-state index is 12.8. The van der Waals surface area contributed by atoms with Gasteiger partial charge in [0.25, 0.3) is 0 Å². The number of sulfone groups is 1. The van der Waals surface area contributed by atoms with Crippen LogP contribution in [0.2, 0.25) is 0 Å². The lowest BCUT2D eigenvalue weighted by molar-refractivity contribution is 0.416. The first-order chi connectivity index (χ1) is 11.5. The van der Waals surface area contributed by atoms with E-state index < -0.39 is 9.84 Å². The summed E-state index contributed by atoms with van der Waals surface area (Å²) in [6.45, 7) is 0.212. The third-order valence-electron chi connectivity index (χ3n) is 3.47. The lowest BCUT2D eigenvalue weighted by Gasteiger charge is -2.09. The van der Waals surface area contributed by atoms with Gasteiger partial charge in [-0.25, -0.2) is 13.4 Å². The van der Waals surface area contributed by atoms with Crippen LogP contribution in [0.4, 0.5) is 0 Å². The van der Waals surface area contributed by atoms with Crippen molar-refractivity contribution in [3.05, 3.63) is 41.8 Å². The van der Waals surface area contributed by atoms with Crippen LogP contribution >= 0.6 is 11.3 Å². The van der Waals surface area contributed by atoms with E-state index in [1.54, 1.807) is 43.4 Å². The number of rotatable bonds is 5. The molecule has 2 N–H and O–H groups in total. The first kappa shape index (κ1) is 16.6. The second-order valence-corrected chi connectivity index (χ2v) is 8.34. The van der Waals surface area contributed by atoms with Crippen molar-refractivity contribution >= 4 is 21.2 Å². The highest BCUT2D eigenvalue weighted by Crippen LogP contribution is 2.34. The highest BCUT2D eigenvalue weighted by molar-refractivity contribution is 7.93. The van der Waals surface area contributed by atoms with E-state index in [0.717, 1.165) is 16.9 Å². The Balaban J connectivity index is 2.11. The summed E-state index contributed by atoms with van der Waals surface area (Å²) in [7, 11) is -0.324. The normalized spacial score (nSPS) is 11.6. The summed E-state index contributed by atoms with van der Waals surface area (Å²) < 4.78 is 32.8. The van der Waals surface area contributed by atoms with Crippen molar-refractivity contribution in [1.82, 2.24) is 14.8 Å². The van der Waals surface area contributed by atoms with Gasteiger partial charge < -0.3 is 10.5 Å². The van der Waals surface area contributed by atoms with Crippen molar-refractivity contribution in [2.45, 2.75) is 15.6 Å². The lowest BCUT2D eigenvalue weighted by Crippen LogP contribution is -2.01. The summed E-state index contributed by atoms with van der Waals surface area (Å²) in [5, 5.41) is 4.70. The predicted molar refractivity (Wildman–Crippen MR) is 90.7 cm³/mol. The van der Waals surface area contributed by atoms with Crippen LogP contribution in [0.3, 0.4) is 0 Å². The van der Waals surface area contributed by atoms with Crippen molar-refractivity contribution in [3.63, 3.8) is 0 Å². The minimum atomic E-state index is -3.66. The van der Waals surface area contributed by atoms with Crippen LogP contribution in [0.5, 0.6) is 5.75 Å². The number of hydrogen-bond donors (Lipinski definition) is 1. The third kappa shape index (κ3) is 2.93. The summed E-state index contributed by atoms with van der Waals surface area (Å²) in [4.78, 5) is 4.20. The molecule has 0 atom stereocenters.